The summed E-state index contributed by atoms with van der Waals surface area (Å²) in [6.07, 6.45) is 1.28. The summed E-state index contributed by atoms with van der Waals surface area (Å²) >= 11 is 0. The Morgan fingerprint density at radius 2 is 2.15 bits per heavy atom. The lowest BCUT2D eigenvalue weighted by Gasteiger charge is -2.24. The maximum absolute atomic E-state index is 10.2. The van der Waals surface area contributed by atoms with Gasteiger partial charge in [0.05, 0.1) is 6.61 Å². The molecule has 1 N–H and O–H groups in total. The lowest BCUT2D eigenvalue weighted by atomic mass is 10.0. The molecule has 1 aromatic rings. The van der Waals surface area contributed by atoms with E-state index in [1.54, 1.807) is 0 Å². The summed E-state index contributed by atoms with van der Waals surface area (Å²) in [4.78, 5) is 10.2. The smallest absolute Gasteiger partial charge is 0.209 e. The number of fused-ring (bicyclic) bond motifs is 1. The molecule has 0 saturated carbocycles. The third-order valence-corrected chi connectivity index (χ3v) is 2.22. The van der Waals surface area contributed by atoms with Crippen molar-refractivity contribution in [3.05, 3.63) is 35.4 Å². The first kappa shape index (κ1) is 8.26. The van der Waals surface area contributed by atoms with E-state index in [1.165, 1.54) is 11.1 Å². The molecule has 0 spiro atoms. The maximum atomic E-state index is 10.2. The van der Waals surface area contributed by atoms with Crippen LogP contribution in [-0.2, 0) is 22.6 Å². The molecule has 2 rings (SSSR count). The van der Waals surface area contributed by atoms with Gasteiger partial charge < -0.3 is 10.1 Å². The molecule has 1 aliphatic heterocycles. The van der Waals surface area contributed by atoms with E-state index in [2.05, 4.69) is 11.4 Å². The topological polar surface area (TPSA) is 38.3 Å². The predicted molar refractivity (Wildman–Crippen MR) is 47.9 cm³/mol. The van der Waals surface area contributed by atoms with Crippen molar-refractivity contribution in [1.29, 1.82) is 0 Å². The quantitative estimate of drug-likeness (QED) is 0.679. The Bertz CT molecular complexity index is 312. The van der Waals surface area contributed by atoms with Crippen LogP contribution >= 0.6 is 0 Å². The van der Waals surface area contributed by atoms with Crippen LogP contribution in [0.5, 0.6) is 0 Å². The van der Waals surface area contributed by atoms with Crippen molar-refractivity contribution in [1.82, 2.24) is 5.32 Å². The number of carbonyl (C=O) groups excluding carboxylic acids is 1. The molecule has 0 aliphatic carbocycles. The Labute approximate surface area is 76.7 Å². The molecule has 1 atom stereocenters. The first-order valence-corrected chi connectivity index (χ1v) is 4.28. The number of hydrogen-bond donors (Lipinski definition) is 1. The summed E-state index contributed by atoms with van der Waals surface area (Å²) in [5, 5.41) is 2.62. The van der Waals surface area contributed by atoms with Crippen molar-refractivity contribution in [2.75, 3.05) is 0 Å². The van der Waals surface area contributed by atoms with E-state index in [-0.39, 0.29) is 6.23 Å². The van der Waals surface area contributed by atoms with Gasteiger partial charge in [-0.2, -0.15) is 0 Å². The zero-order valence-corrected chi connectivity index (χ0v) is 7.19. The fourth-order valence-electron chi connectivity index (χ4n) is 1.53. The van der Waals surface area contributed by atoms with Gasteiger partial charge in [0.15, 0.2) is 0 Å². The van der Waals surface area contributed by atoms with Gasteiger partial charge in [0.1, 0.15) is 6.23 Å². The van der Waals surface area contributed by atoms with Gasteiger partial charge in [0, 0.05) is 6.42 Å². The maximum Gasteiger partial charge on any atom is 0.209 e. The van der Waals surface area contributed by atoms with Gasteiger partial charge in [0.2, 0.25) is 6.41 Å². The normalized spacial score (nSPS) is 20.5. The van der Waals surface area contributed by atoms with Crippen molar-refractivity contribution in [2.24, 2.45) is 0 Å². The van der Waals surface area contributed by atoms with Crippen LogP contribution < -0.4 is 5.32 Å². The second-order valence-corrected chi connectivity index (χ2v) is 3.06. The van der Waals surface area contributed by atoms with E-state index in [9.17, 15) is 4.79 Å². The molecule has 13 heavy (non-hydrogen) atoms. The zero-order valence-electron chi connectivity index (χ0n) is 7.19. The molecule has 0 aromatic heterocycles. The number of rotatable bonds is 2. The van der Waals surface area contributed by atoms with Gasteiger partial charge in [-0.25, -0.2) is 0 Å². The lowest BCUT2D eigenvalue weighted by molar-refractivity contribution is -0.114. The largest absolute Gasteiger partial charge is 0.353 e. The highest BCUT2D eigenvalue weighted by Gasteiger charge is 2.17. The van der Waals surface area contributed by atoms with Crippen LogP contribution in [0.15, 0.2) is 24.3 Å². The molecule has 1 heterocycles. The monoisotopic (exact) mass is 177 g/mol. The molecule has 0 radical (unpaired) electrons. The summed E-state index contributed by atoms with van der Waals surface area (Å²) < 4.78 is 5.40. The number of benzene rings is 1. The second-order valence-electron chi connectivity index (χ2n) is 3.06. The summed E-state index contributed by atoms with van der Waals surface area (Å²) in [7, 11) is 0. The van der Waals surface area contributed by atoms with Gasteiger partial charge in [0.25, 0.3) is 0 Å². The SMILES string of the molecule is O=CNC1Cc2ccccc2CO1. The van der Waals surface area contributed by atoms with Crippen LogP contribution in [0.3, 0.4) is 0 Å². The zero-order chi connectivity index (χ0) is 9.10. The van der Waals surface area contributed by atoms with Gasteiger partial charge in [-0.3, -0.25) is 4.79 Å². The Hall–Kier alpha value is -1.35. The molecule has 0 saturated heterocycles. The fourth-order valence-corrected chi connectivity index (χ4v) is 1.53. The van der Waals surface area contributed by atoms with Crippen molar-refractivity contribution in [3.8, 4) is 0 Å². The highest BCUT2D eigenvalue weighted by Crippen LogP contribution is 2.18. The average molecular weight is 177 g/mol. The highest BCUT2D eigenvalue weighted by atomic mass is 16.5. The molecule has 68 valence electrons. The third kappa shape index (κ3) is 1.70. The van der Waals surface area contributed by atoms with Crippen molar-refractivity contribution >= 4 is 6.41 Å². The summed E-state index contributed by atoms with van der Waals surface area (Å²) in [6.45, 7) is 0.585. The number of hydrogen-bond acceptors (Lipinski definition) is 2. The standard InChI is InChI=1S/C10H11NO2/c12-7-11-10-5-8-3-1-2-4-9(8)6-13-10/h1-4,7,10H,5-6H2,(H,11,12). The van der Waals surface area contributed by atoms with E-state index in [1.807, 2.05) is 18.2 Å². The minimum atomic E-state index is -0.160. The minimum Gasteiger partial charge on any atom is -0.353 e. The van der Waals surface area contributed by atoms with E-state index >= 15 is 0 Å². The molecule has 1 aliphatic rings. The van der Waals surface area contributed by atoms with Crippen molar-refractivity contribution in [3.63, 3.8) is 0 Å². The Morgan fingerprint density at radius 1 is 1.38 bits per heavy atom. The Balaban J connectivity index is 2.15. The van der Waals surface area contributed by atoms with E-state index in [0.717, 1.165) is 6.42 Å². The van der Waals surface area contributed by atoms with Crippen molar-refractivity contribution < 1.29 is 9.53 Å². The van der Waals surface area contributed by atoms with E-state index in [0.29, 0.717) is 13.0 Å². The molecule has 1 amide bonds. The Morgan fingerprint density at radius 3 is 2.92 bits per heavy atom. The highest BCUT2D eigenvalue weighted by molar-refractivity contribution is 5.46. The van der Waals surface area contributed by atoms with Gasteiger partial charge >= 0.3 is 0 Å². The van der Waals surface area contributed by atoms with Gasteiger partial charge in [-0.1, -0.05) is 24.3 Å². The van der Waals surface area contributed by atoms with Crippen LogP contribution in [0.4, 0.5) is 0 Å². The predicted octanol–water partition coefficient (Wildman–Crippen LogP) is 0.831. The van der Waals surface area contributed by atoms with Crippen LogP contribution in [0.1, 0.15) is 11.1 Å². The number of carbonyl (C=O) groups is 1. The van der Waals surface area contributed by atoms with E-state index in [4.69, 9.17) is 4.74 Å². The van der Waals surface area contributed by atoms with Crippen LogP contribution in [0.25, 0.3) is 0 Å². The molecule has 1 aromatic carbocycles. The summed E-state index contributed by atoms with van der Waals surface area (Å²) in [5.74, 6) is 0. The van der Waals surface area contributed by atoms with Crippen molar-refractivity contribution in [2.45, 2.75) is 19.3 Å². The van der Waals surface area contributed by atoms with Crippen LogP contribution in [0.2, 0.25) is 0 Å². The number of nitrogens with one attached hydrogen (secondary N) is 1. The van der Waals surface area contributed by atoms with Gasteiger partial charge in [-0.15, -0.1) is 0 Å². The van der Waals surface area contributed by atoms with E-state index < -0.39 is 0 Å². The summed E-state index contributed by atoms with van der Waals surface area (Å²) in [6, 6.07) is 8.11. The van der Waals surface area contributed by atoms with Crippen LogP contribution in [-0.4, -0.2) is 12.6 Å². The van der Waals surface area contributed by atoms with Gasteiger partial charge in [-0.05, 0) is 11.1 Å². The fraction of sp³-hybridized carbons (Fsp3) is 0.300. The molecular formula is C10H11NO2. The molecule has 3 heteroatoms. The minimum absolute atomic E-state index is 0.160. The lowest BCUT2D eigenvalue weighted by Crippen LogP contribution is -2.35. The number of ether oxygens (including phenoxy) is 1. The first-order chi connectivity index (χ1) is 6.40. The van der Waals surface area contributed by atoms with Crippen LogP contribution in [0, 0.1) is 0 Å². The third-order valence-electron chi connectivity index (χ3n) is 2.22. The Kier molecular flexibility index (Phi) is 2.27. The second kappa shape index (κ2) is 3.58. The molecular weight excluding hydrogens is 166 g/mol. The molecule has 1 unspecified atom stereocenters. The molecule has 3 nitrogen and oxygen atoms in total. The number of amides is 1. The molecule has 0 bridgehead atoms. The average Bonchev–Trinajstić information content (AvgIpc) is 2.18. The first-order valence-electron chi connectivity index (χ1n) is 4.28. The summed E-state index contributed by atoms with van der Waals surface area (Å²) in [5.41, 5.74) is 2.47. The molecule has 0 fully saturated rings.